The summed E-state index contributed by atoms with van der Waals surface area (Å²) in [6.07, 6.45) is 7.49. The molecule has 0 amide bonds. The molecular formula is C22H19N6. The van der Waals surface area contributed by atoms with Crippen molar-refractivity contribution < 1.29 is 0 Å². The summed E-state index contributed by atoms with van der Waals surface area (Å²) in [7, 11) is 0. The zero-order chi connectivity index (χ0) is 18.9. The molecule has 5 rings (SSSR count). The van der Waals surface area contributed by atoms with Gasteiger partial charge in [0.05, 0.1) is 17.8 Å². The van der Waals surface area contributed by atoms with Crippen LogP contribution in [0.4, 0.5) is 11.5 Å². The van der Waals surface area contributed by atoms with Gasteiger partial charge in [-0.15, -0.1) is 0 Å². The van der Waals surface area contributed by atoms with E-state index in [1.165, 1.54) is 10.9 Å². The van der Waals surface area contributed by atoms with E-state index in [0.717, 1.165) is 34.8 Å². The Hall–Kier alpha value is -3.67. The zero-order valence-corrected chi connectivity index (χ0v) is 15.3. The lowest BCUT2D eigenvalue weighted by Gasteiger charge is -2.10. The summed E-state index contributed by atoms with van der Waals surface area (Å²) < 4.78 is 4.25. The van der Waals surface area contributed by atoms with E-state index in [1.807, 2.05) is 41.2 Å². The highest BCUT2D eigenvalue weighted by molar-refractivity contribution is 5.90. The summed E-state index contributed by atoms with van der Waals surface area (Å²) in [4.78, 5) is 13.2. The van der Waals surface area contributed by atoms with Gasteiger partial charge in [0.2, 0.25) is 0 Å². The van der Waals surface area contributed by atoms with Crippen molar-refractivity contribution in [2.45, 2.75) is 13.1 Å². The largest absolute Gasteiger partial charge is 0.343 e. The number of hydrogen-bond acceptors (Lipinski definition) is 4. The summed E-state index contributed by atoms with van der Waals surface area (Å²) in [5.74, 6) is 0.783. The molecule has 6 heteroatoms. The molecule has 0 saturated carbocycles. The first-order valence-electron chi connectivity index (χ1n) is 9.17. The Kier molecular flexibility index (Phi) is 4.01. The van der Waals surface area contributed by atoms with E-state index in [0.29, 0.717) is 6.54 Å². The molecule has 1 aromatic carbocycles. The van der Waals surface area contributed by atoms with Crippen LogP contribution in [0.3, 0.4) is 0 Å². The molecule has 0 aliphatic carbocycles. The first-order chi connectivity index (χ1) is 13.8. The fraction of sp³-hybridized carbons (Fsp3) is 0.0909. The van der Waals surface area contributed by atoms with Crippen molar-refractivity contribution in [1.29, 1.82) is 0 Å². The molecule has 0 aliphatic rings. The summed E-state index contributed by atoms with van der Waals surface area (Å²) in [5.41, 5.74) is 5.07. The minimum absolute atomic E-state index is 0.626. The van der Waals surface area contributed by atoms with E-state index in [9.17, 15) is 0 Å². The van der Waals surface area contributed by atoms with Crippen LogP contribution in [0.2, 0.25) is 0 Å². The molecule has 0 unspecified atom stereocenters. The number of aromatic nitrogens is 5. The lowest BCUT2D eigenvalue weighted by molar-refractivity contribution is 0.807. The first kappa shape index (κ1) is 16.5. The maximum atomic E-state index is 4.44. The standard InChI is InChI=1S/C22H19N6/c1-2-27-12-9-19-21(27)22(25-15-24-19)26-17-6-7-20-16(13-17)8-11-28(20)14-18-5-3-4-10-23-18/h3-13,15H,1-2,14H2,(H,24,25,26). The number of hydrogen-bond donors (Lipinski definition) is 1. The van der Waals surface area contributed by atoms with E-state index < -0.39 is 0 Å². The van der Waals surface area contributed by atoms with Crippen molar-refractivity contribution in [3.63, 3.8) is 0 Å². The van der Waals surface area contributed by atoms with Crippen molar-refractivity contribution in [3.8, 4) is 0 Å². The van der Waals surface area contributed by atoms with Gasteiger partial charge in [0, 0.05) is 41.7 Å². The number of nitrogens with zero attached hydrogens (tertiary/aromatic N) is 5. The number of rotatable bonds is 5. The molecular weight excluding hydrogens is 348 g/mol. The van der Waals surface area contributed by atoms with Crippen LogP contribution in [0.25, 0.3) is 21.9 Å². The normalized spacial score (nSPS) is 11.3. The molecule has 0 spiro atoms. The van der Waals surface area contributed by atoms with Gasteiger partial charge >= 0.3 is 0 Å². The third kappa shape index (κ3) is 2.89. The minimum Gasteiger partial charge on any atom is -0.343 e. The molecule has 1 N–H and O–H groups in total. The van der Waals surface area contributed by atoms with E-state index in [2.05, 4.69) is 62.2 Å². The van der Waals surface area contributed by atoms with Crippen LogP contribution in [0.1, 0.15) is 5.69 Å². The molecule has 0 aliphatic heterocycles. The average Bonchev–Trinajstić information content (AvgIpc) is 3.33. The quantitative estimate of drug-likeness (QED) is 0.500. The van der Waals surface area contributed by atoms with Gasteiger partial charge in [0.15, 0.2) is 5.82 Å². The van der Waals surface area contributed by atoms with Crippen molar-refractivity contribution in [3.05, 3.63) is 86.1 Å². The smallest absolute Gasteiger partial charge is 0.158 e. The van der Waals surface area contributed by atoms with Crippen molar-refractivity contribution in [2.75, 3.05) is 5.32 Å². The summed E-state index contributed by atoms with van der Waals surface area (Å²) in [6, 6.07) is 16.4. The van der Waals surface area contributed by atoms with Gasteiger partial charge in [-0.25, -0.2) is 9.97 Å². The Bertz CT molecular complexity index is 1250. The van der Waals surface area contributed by atoms with Gasteiger partial charge in [-0.2, -0.15) is 0 Å². The fourth-order valence-corrected chi connectivity index (χ4v) is 3.53. The molecule has 0 fully saturated rings. The lowest BCUT2D eigenvalue weighted by Crippen LogP contribution is -2.01. The second kappa shape index (κ2) is 6.81. The third-order valence-corrected chi connectivity index (χ3v) is 4.88. The Labute approximate surface area is 162 Å². The SMILES string of the molecule is [CH2]Cn1ccc2ncnc(Nc3ccc4c(ccn4Cc4ccccn4)c3)c21. The molecule has 137 valence electrons. The van der Waals surface area contributed by atoms with E-state index >= 15 is 0 Å². The van der Waals surface area contributed by atoms with Crippen LogP contribution in [-0.2, 0) is 13.1 Å². The Balaban J connectivity index is 1.47. The highest BCUT2D eigenvalue weighted by Gasteiger charge is 2.10. The molecule has 6 nitrogen and oxygen atoms in total. The predicted octanol–water partition coefficient (Wildman–Crippen LogP) is 4.41. The number of pyridine rings is 1. The number of benzene rings is 1. The van der Waals surface area contributed by atoms with E-state index in [1.54, 1.807) is 6.33 Å². The summed E-state index contributed by atoms with van der Waals surface area (Å²) >= 11 is 0. The van der Waals surface area contributed by atoms with Crippen LogP contribution < -0.4 is 5.32 Å². The van der Waals surface area contributed by atoms with Crippen LogP contribution in [0.15, 0.2) is 73.4 Å². The lowest BCUT2D eigenvalue weighted by atomic mass is 10.2. The molecule has 0 atom stereocenters. The second-order valence-corrected chi connectivity index (χ2v) is 6.63. The highest BCUT2D eigenvalue weighted by atomic mass is 15.1. The molecule has 4 aromatic heterocycles. The monoisotopic (exact) mass is 367 g/mol. The topological polar surface area (TPSA) is 60.6 Å². The first-order valence-corrected chi connectivity index (χ1v) is 9.17. The molecule has 5 aromatic rings. The molecule has 0 bridgehead atoms. The van der Waals surface area contributed by atoms with Crippen molar-refractivity contribution in [2.24, 2.45) is 0 Å². The van der Waals surface area contributed by atoms with Crippen LogP contribution in [-0.4, -0.2) is 24.1 Å². The van der Waals surface area contributed by atoms with Crippen molar-refractivity contribution >= 4 is 33.4 Å². The Morgan fingerprint density at radius 3 is 2.71 bits per heavy atom. The minimum atomic E-state index is 0.626. The third-order valence-electron chi connectivity index (χ3n) is 4.88. The number of anilines is 2. The number of nitrogens with one attached hydrogen (secondary N) is 1. The average molecular weight is 367 g/mol. The molecule has 1 radical (unpaired) electrons. The predicted molar refractivity (Wildman–Crippen MR) is 111 cm³/mol. The molecule has 0 saturated heterocycles. The Morgan fingerprint density at radius 2 is 1.86 bits per heavy atom. The van der Waals surface area contributed by atoms with Crippen LogP contribution in [0.5, 0.6) is 0 Å². The van der Waals surface area contributed by atoms with Gasteiger partial charge in [0.1, 0.15) is 11.8 Å². The maximum Gasteiger partial charge on any atom is 0.158 e. The van der Waals surface area contributed by atoms with Gasteiger partial charge in [-0.3, -0.25) is 4.98 Å². The fourth-order valence-electron chi connectivity index (χ4n) is 3.53. The van der Waals surface area contributed by atoms with Gasteiger partial charge < -0.3 is 14.5 Å². The van der Waals surface area contributed by atoms with Crippen molar-refractivity contribution in [1.82, 2.24) is 24.1 Å². The summed E-state index contributed by atoms with van der Waals surface area (Å²) in [5, 5.41) is 4.60. The number of fused-ring (bicyclic) bond motifs is 2. The van der Waals surface area contributed by atoms with E-state index in [4.69, 9.17) is 0 Å². The molecule has 4 heterocycles. The van der Waals surface area contributed by atoms with Crippen LogP contribution in [0, 0.1) is 6.92 Å². The zero-order valence-electron chi connectivity index (χ0n) is 15.3. The Morgan fingerprint density at radius 1 is 0.929 bits per heavy atom. The molecule has 28 heavy (non-hydrogen) atoms. The second-order valence-electron chi connectivity index (χ2n) is 6.63. The summed E-state index contributed by atoms with van der Waals surface area (Å²) in [6.45, 7) is 5.35. The van der Waals surface area contributed by atoms with Crippen LogP contribution >= 0.6 is 0 Å². The highest BCUT2D eigenvalue weighted by Crippen LogP contribution is 2.27. The van der Waals surface area contributed by atoms with Gasteiger partial charge in [-0.05, 0) is 49.4 Å². The van der Waals surface area contributed by atoms with E-state index in [-0.39, 0.29) is 0 Å². The maximum absolute atomic E-state index is 4.44. The van der Waals surface area contributed by atoms with Gasteiger partial charge in [-0.1, -0.05) is 6.07 Å². The van der Waals surface area contributed by atoms with Gasteiger partial charge in [0.25, 0.3) is 0 Å².